The fraction of sp³-hybridized carbons (Fsp3) is 1.00. The molecule has 0 amide bonds. The Morgan fingerprint density at radius 2 is 1.58 bits per heavy atom. The van der Waals surface area contributed by atoms with Crippen molar-refractivity contribution in [1.82, 2.24) is 10.2 Å². The van der Waals surface area contributed by atoms with Crippen molar-refractivity contribution < 1.29 is 0 Å². The average Bonchev–Trinajstić information content (AvgIpc) is 2.84. The number of nitrogens with zero attached hydrogens (tertiary/aromatic N) is 1. The van der Waals surface area contributed by atoms with Gasteiger partial charge in [-0.15, -0.1) is 0 Å². The fourth-order valence-corrected chi connectivity index (χ4v) is 4.84. The second kappa shape index (κ2) is 5.37. The molecule has 1 aliphatic heterocycles. The van der Waals surface area contributed by atoms with Crippen LogP contribution in [0.5, 0.6) is 0 Å². The molecule has 0 aromatic carbocycles. The van der Waals surface area contributed by atoms with Crippen LogP contribution in [0.4, 0.5) is 0 Å². The molecule has 3 fully saturated rings. The molecule has 1 N–H and O–H groups in total. The van der Waals surface area contributed by atoms with Crippen molar-refractivity contribution in [2.24, 2.45) is 5.92 Å². The summed E-state index contributed by atoms with van der Waals surface area (Å²) in [7, 11) is 0. The van der Waals surface area contributed by atoms with E-state index < -0.39 is 0 Å². The van der Waals surface area contributed by atoms with E-state index >= 15 is 0 Å². The molecule has 1 saturated heterocycles. The molecule has 2 saturated carbocycles. The topological polar surface area (TPSA) is 15.3 Å². The third-order valence-corrected chi connectivity index (χ3v) is 5.89. The smallest absolute Gasteiger partial charge is 0.0335 e. The summed E-state index contributed by atoms with van der Waals surface area (Å²) >= 11 is 0. The zero-order chi connectivity index (χ0) is 13.3. The van der Waals surface area contributed by atoms with E-state index in [1.54, 1.807) is 0 Å². The number of nitrogens with one attached hydrogen (secondary N) is 1. The van der Waals surface area contributed by atoms with Crippen LogP contribution in [0.25, 0.3) is 0 Å². The second-order valence-electron chi connectivity index (χ2n) is 7.90. The minimum atomic E-state index is 0.484. The molecule has 110 valence electrons. The van der Waals surface area contributed by atoms with E-state index in [2.05, 4.69) is 24.1 Å². The van der Waals surface area contributed by atoms with Gasteiger partial charge in [-0.2, -0.15) is 0 Å². The zero-order valence-corrected chi connectivity index (χ0v) is 13.0. The SMILES string of the molecule is CC(C)CN1CC2(CCCC2)NCC12CCCCC2. The summed E-state index contributed by atoms with van der Waals surface area (Å²) in [6.07, 6.45) is 12.9. The number of piperazine rings is 1. The lowest BCUT2D eigenvalue weighted by Crippen LogP contribution is -2.70. The van der Waals surface area contributed by atoms with Crippen molar-refractivity contribution in [1.29, 1.82) is 0 Å². The summed E-state index contributed by atoms with van der Waals surface area (Å²) in [6, 6.07) is 0. The molecule has 2 aliphatic carbocycles. The van der Waals surface area contributed by atoms with Gasteiger partial charge in [-0.1, -0.05) is 46.0 Å². The predicted octanol–water partition coefficient (Wildman–Crippen LogP) is 3.56. The molecule has 0 radical (unpaired) electrons. The highest BCUT2D eigenvalue weighted by molar-refractivity contribution is 5.07. The second-order valence-corrected chi connectivity index (χ2v) is 7.90. The quantitative estimate of drug-likeness (QED) is 0.820. The lowest BCUT2D eigenvalue weighted by molar-refractivity contribution is -0.0245. The summed E-state index contributed by atoms with van der Waals surface area (Å²) in [6.45, 7) is 8.67. The molecule has 2 spiro atoms. The molecule has 19 heavy (non-hydrogen) atoms. The Kier molecular flexibility index (Phi) is 3.92. The van der Waals surface area contributed by atoms with Crippen LogP contribution < -0.4 is 5.32 Å². The first-order chi connectivity index (χ1) is 9.14. The standard InChI is InChI=1S/C17H32N2/c1-15(2)12-19-14-16(8-6-7-9-16)18-13-17(19)10-4-3-5-11-17/h15,18H,3-14H2,1-2H3. The average molecular weight is 264 g/mol. The maximum absolute atomic E-state index is 4.02. The third kappa shape index (κ3) is 2.71. The lowest BCUT2D eigenvalue weighted by Gasteiger charge is -2.56. The number of hydrogen-bond acceptors (Lipinski definition) is 2. The molecule has 0 aromatic rings. The summed E-state index contributed by atoms with van der Waals surface area (Å²) in [5, 5.41) is 4.02. The van der Waals surface area contributed by atoms with Crippen LogP contribution in [-0.2, 0) is 0 Å². The van der Waals surface area contributed by atoms with Gasteiger partial charge in [0.15, 0.2) is 0 Å². The van der Waals surface area contributed by atoms with E-state index in [0.29, 0.717) is 11.1 Å². The normalized spacial score (nSPS) is 30.5. The zero-order valence-electron chi connectivity index (χ0n) is 13.0. The van der Waals surface area contributed by atoms with Crippen LogP contribution in [0.3, 0.4) is 0 Å². The van der Waals surface area contributed by atoms with Crippen molar-refractivity contribution in [3.63, 3.8) is 0 Å². The molecule has 3 rings (SSSR count). The monoisotopic (exact) mass is 264 g/mol. The van der Waals surface area contributed by atoms with E-state index in [-0.39, 0.29) is 0 Å². The van der Waals surface area contributed by atoms with Crippen LogP contribution in [0.2, 0.25) is 0 Å². The third-order valence-electron chi connectivity index (χ3n) is 5.89. The van der Waals surface area contributed by atoms with E-state index in [4.69, 9.17) is 0 Å². The Balaban J connectivity index is 1.76. The predicted molar refractivity (Wildman–Crippen MR) is 81.4 cm³/mol. The minimum absolute atomic E-state index is 0.484. The number of hydrogen-bond donors (Lipinski definition) is 1. The molecular formula is C17H32N2. The van der Waals surface area contributed by atoms with Gasteiger partial charge in [0, 0.05) is 30.7 Å². The van der Waals surface area contributed by atoms with Crippen LogP contribution in [0.15, 0.2) is 0 Å². The molecule has 0 atom stereocenters. The largest absolute Gasteiger partial charge is 0.308 e. The van der Waals surface area contributed by atoms with Crippen molar-refractivity contribution in [2.75, 3.05) is 19.6 Å². The van der Waals surface area contributed by atoms with E-state index in [1.165, 1.54) is 77.4 Å². The Hall–Kier alpha value is -0.0800. The molecule has 1 heterocycles. The molecular weight excluding hydrogens is 232 g/mol. The van der Waals surface area contributed by atoms with E-state index in [0.717, 1.165) is 5.92 Å². The summed E-state index contributed by atoms with van der Waals surface area (Å²) in [4.78, 5) is 2.92. The molecule has 0 bridgehead atoms. The van der Waals surface area contributed by atoms with Gasteiger partial charge in [0.05, 0.1) is 0 Å². The van der Waals surface area contributed by atoms with Gasteiger partial charge in [-0.05, 0) is 31.6 Å². The van der Waals surface area contributed by atoms with Crippen molar-refractivity contribution in [2.45, 2.75) is 82.7 Å². The van der Waals surface area contributed by atoms with Gasteiger partial charge in [0.1, 0.15) is 0 Å². The van der Waals surface area contributed by atoms with Crippen molar-refractivity contribution in [3.05, 3.63) is 0 Å². The Labute approximate surface area is 119 Å². The van der Waals surface area contributed by atoms with Crippen molar-refractivity contribution in [3.8, 4) is 0 Å². The van der Waals surface area contributed by atoms with Gasteiger partial charge in [0.2, 0.25) is 0 Å². The van der Waals surface area contributed by atoms with Gasteiger partial charge in [0.25, 0.3) is 0 Å². The van der Waals surface area contributed by atoms with Gasteiger partial charge in [-0.3, -0.25) is 4.90 Å². The number of rotatable bonds is 2. The molecule has 2 nitrogen and oxygen atoms in total. The fourth-order valence-electron chi connectivity index (χ4n) is 4.84. The van der Waals surface area contributed by atoms with Crippen LogP contribution in [-0.4, -0.2) is 35.6 Å². The highest BCUT2D eigenvalue weighted by Crippen LogP contribution is 2.41. The van der Waals surface area contributed by atoms with E-state index in [1.807, 2.05) is 0 Å². The maximum atomic E-state index is 4.02. The van der Waals surface area contributed by atoms with Crippen LogP contribution in [0, 0.1) is 5.92 Å². The molecule has 0 unspecified atom stereocenters. The van der Waals surface area contributed by atoms with Gasteiger partial charge >= 0.3 is 0 Å². The maximum Gasteiger partial charge on any atom is 0.0335 e. The Morgan fingerprint density at radius 1 is 0.947 bits per heavy atom. The summed E-state index contributed by atoms with van der Waals surface area (Å²) < 4.78 is 0. The lowest BCUT2D eigenvalue weighted by atomic mass is 9.75. The first-order valence-corrected chi connectivity index (χ1v) is 8.64. The van der Waals surface area contributed by atoms with Crippen LogP contribution in [0.1, 0.15) is 71.6 Å². The highest BCUT2D eigenvalue weighted by Gasteiger charge is 2.48. The molecule has 0 aromatic heterocycles. The Morgan fingerprint density at radius 3 is 2.21 bits per heavy atom. The highest BCUT2D eigenvalue weighted by atomic mass is 15.3. The van der Waals surface area contributed by atoms with Gasteiger partial charge in [-0.25, -0.2) is 0 Å². The minimum Gasteiger partial charge on any atom is -0.308 e. The summed E-state index contributed by atoms with van der Waals surface area (Å²) in [5.41, 5.74) is 0.994. The first kappa shape index (κ1) is 13.9. The first-order valence-electron chi connectivity index (χ1n) is 8.64. The summed E-state index contributed by atoms with van der Waals surface area (Å²) in [5.74, 6) is 0.801. The Bertz CT molecular complexity index is 298. The molecule has 3 aliphatic rings. The van der Waals surface area contributed by atoms with Crippen molar-refractivity contribution >= 4 is 0 Å². The molecule has 2 heteroatoms. The van der Waals surface area contributed by atoms with Gasteiger partial charge < -0.3 is 5.32 Å². The van der Waals surface area contributed by atoms with Crippen LogP contribution >= 0.6 is 0 Å². The van der Waals surface area contributed by atoms with E-state index in [9.17, 15) is 0 Å².